The van der Waals surface area contributed by atoms with Gasteiger partial charge in [0.1, 0.15) is 12.2 Å². The minimum atomic E-state index is -1.28. The molecule has 6 heteroatoms. The summed E-state index contributed by atoms with van der Waals surface area (Å²) in [5.74, 6) is -0.588. The molecule has 0 rings (SSSR count). The molecule has 1 amide bonds. The first kappa shape index (κ1) is 54.0. The molecule has 0 aliphatic rings. The predicted octanol–water partition coefficient (Wildman–Crippen LogP) is 13.4. The molecular weight excluding hydrogens is 683 g/mol. The first-order valence-electron chi connectivity index (χ1n) is 24.6. The van der Waals surface area contributed by atoms with Crippen molar-refractivity contribution in [3.63, 3.8) is 0 Å². The Balaban J connectivity index is 3.70. The highest BCUT2D eigenvalue weighted by molar-refractivity contribution is 5.80. The van der Waals surface area contributed by atoms with Crippen LogP contribution >= 0.6 is 0 Å². The summed E-state index contributed by atoms with van der Waals surface area (Å²) >= 11 is 0. The minimum absolute atomic E-state index is 0.368. The fourth-order valence-electron chi connectivity index (χ4n) is 7.82. The number of rotatable bonds is 45. The van der Waals surface area contributed by atoms with Crippen LogP contribution in [0.25, 0.3) is 0 Å². The van der Waals surface area contributed by atoms with E-state index >= 15 is 0 Å². The molecule has 5 N–H and O–H groups in total. The van der Waals surface area contributed by atoms with Crippen LogP contribution in [0.4, 0.5) is 0 Å². The second-order valence-corrected chi connectivity index (χ2v) is 17.2. The summed E-state index contributed by atoms with van der Waals surface area (Å²) in [4.78, 5) is 12.5. The minimum Gasteiger partial charge on any atom is -0.394 e. The summed E-state index contributed by atoms with van der Waals surface area (Å²) in [5.41, 5.74) is 0. The standard InChI is InChI=1S/C49H97NO5/c1-3-5-7-9-11-13-15-17-19-21-23-25-27-29-31-33-35-37-39-41-43-47(53)49(55)50-45(44-51)48(54)46(52)42-40-38-36-34-32-30-28-26-24-22-20-18-16-14-12-10-8-6-4-2/h34,36,45-48,51-54H,3-33,35,37-44H2,1-2H3,(H,50,55)/b36-34+. The van der Waals surface area contributed by atoms with Crippen molar-refractivity contribution in [1.29, 1.82) is 0 Å². The Kier molecular flexibility index (Phi) is 43.4. The zero-order valence-corrected chi connectivity index (χ0v) is 36.9. The van der Waals surface area contributed by atoms with Gasteiger partial charge in [0.15, 0.2) is 0 Å². The first-order valence-corrected chi connectivity index (χ1v) is 24.6. The average Bonchev–Trinajstić information content (AvgIpc) is 3.19. The molecule has 55 heavy (non-hydrogen) atoms. The summed E-state index contributed by atoms with van der Waals surface area (Å²) in [6.07, 6.45) is 49.7. The van der Waals surface area contributed by atoms with Gasteiger partial charge in [0.25, 0.3) is 0 Å². The zero-order valence-electron chi connectivity index (χ0n) is 36.9. The number of aliphatic hydroxyl groups is 4. The molecule has 0 aliphatic carbocycles. The highest BCUT2D eigenvalue weighted by Gasteiger charge is 2.28. The van der Waals surface area contributed by atoms with E-state index in [9.17, 15) is 25.2 Å². The van der Waals surface area contributed by atoms with Crippen LogP contribution in [0.15, 0.2) is 12.2 Å². The molecule has 0 saturated carbocycles. The number of hydrogen-bond donors (Lipinski definition) is 5. The fourth-order valence-corrected chi connectivity index (χ4v) is 7.82. The highest BCUT2D eigenvalue weighted by Crippen LogP contribution is 2.17. The number of unbranched alkanes of at least 4 members (excludes halogenated alkanes) is 34. The van der Waals surface area contributed by atoms with Crippen molar-refractivity contribution in [3.8, 4) is 0 Å². The second kappa shape index (κ2) is 44.2. The Labute approximate surface area is 342 Å². The summed E-state index contributed by atoms with van der Waals surface area (Å²) in [5, 5.41) is 43.8. The molecule has 0 radical (unpaired) electrons. The van der Waals surface area contributed by atoms with Crippen LogP contribution in [0, 0.1) is 0 Å². The van der Waals surface area contributed by atoms with Gasteiger partial charge in [0, 0.05) is 0 Å². The van der Waals surface area contributed by atoms with Crippen LogP contribution < -0.4 is 5.32 Å². The van der Waals surface area contributed by atoms with Crippen LogP contribution in [0.5, 0.6) is 0 Å². The number of amides is 1. The van der Waals surface area contributed by atoms with E-state index in [1.54, 1.807) is 0 Å². The van der Waals surface area contributed by atoms with Crippen molar-refractivity contribution in [1.82, 2.24) is 5.32 Å². The second-order valence-electron chi connectivity index (χ2n) is 17.2. The van der Waals surface area contributed by atoms with Gasteiger partial charge in [0.05, 0.1) is 18.8 Å². The molecule has 0 aromatic heterocycles. The quantitative estimate of drug-likeness (QED) is 0.0312. The number of aliphatic hydroxyl groups excluding tert-OH is 4. The molecule has 0 spiro atoms. The van der Waals surface area contributed by atoms with E-state index in [1.165, 1.54) is 199 Å². The predicted molar refractivity (Wildman–Crippen MR) is 238 cm³/mol. The van der Waals surface area contributed by atoms with E-state index in [-0.39, 0.29) is 0 Å². The van der Waals surface area contributed by atoms with Gasteiger partial charge in [-0.05, 0) is 38.5 Å². The van der Waals surface area contributed by atoms with E-state index in [4.69, 9.17) is 0 Å². The Hall–Kier alpha value is -0.950. The van der Waals surface area contributed by atoms with Gasteiger partial charge in [-0.1, -0.05) is 238 Å². The lowest BCUT2D eigenvalue weighted by Crippen LogP contribution is -2.53. The van der Waals surface area contributed by atoms with Gasteiger partial charge in [0.2, 0.25) is 5.91 Å². The van der Waals surface area contributed by atoms with E-state index in [0.717, 1.165) is 38.5 Å². The number of nitrogens with one attached hydrogen (secondary N) is 1. The number of carbonyl (C=O) groups excluding carboxylic acids is 1. The highest BCUT2D eigenvalue weighted by atomic mass is 16.3. The third-order valence-corrected chi connectivity index (χ3v) is 11.7. The summed E-state index contributed by atoms with van der Waals surface area (Å²) < 4.78 is 0. The lowest BCUT2D eigenvalue weighted by molar-refractivity contribution is -0.132. The maximum Gasteiger partial charge on any atom is 0.249 e. The molecule has 4 atom stereocenters. The monoisotopic (exact) mass is 780 g/mol. The largest absolute Gasteiger partial charge is 0.394 e. The van der Waals surface area contributed by atoms with E-state index in [0.29, 0.717) is 12.8 Å². The zero-order chi connectivity index (χ0) is 40.3. The van der Waals surface area contributed by atoms with Gasteiger partial charge in [-0.25, -0.2) is 0 Å². The molecular formula is C49H97NO5. The van der Waals surface area contributed by atoms with E-state index in [1.807, 2.05) is 0 Å². The molecule has 0 bridgehead atoms. The average molecular weight is 780 g/mol. The van der Waals surface area contributed by atoms with Crippen LogP contribution in [0.2, 0.25) is 0 Å². The molecule has 0 heterocycles. The van der Waals surface area contributed by atoms with Gasteiger partial charge in [-0.15, -0.1) is 0 Å². The van der Waals surface area contributed by atoms with Gasteiger partial charge in [-0.3, -0.25) is 4.79 Å². The van der Waals surface area contributed by atoms with Crippen molar-refractivity contribution in [2.75, 3.05) is 6.61 Å². The SMILES string of the molecule is CCCCCCCCCCCCCCCC/C=C/CCCC(O)C(O)C(CO)NC(=O)C(O)CCCCCCCCCCCCCCCCCCCCCC. The maximum absolute atomic E-state index is 12.5. The lowest BCUT2D eigenvalue weighted by Gasteiger charge is -2.27. The summed E-state index contributed by atoms with van der Waals surface area (Å²) in [6.45, 7) is 4.07. The Morgan fingerprint density at radius 2 is 0.745 bits per heavy atom. The number of allylic oxidation sites excluding steroid dienone is 2. The topological polar surface area (TPSA) is 110 Å². The normalized spacial score (nSPS) is 14.1. The van der Waals surface area contributed by atoms with Crippen molar-refractivity contribution in [3.05, 3.63) is 12.2 Å². The molecule has 0 aromatic rings. The maximum atomic E-state index is 12.5. The van der Waals surface area contributed by atoms with Gasteiger partial charge in [-0.2, -0.15) is 0 Å². The van der Waals surface area contributed by atoms with E-state index < -0.39 is 36.9 Å². The van der Waals surface area contributed by atoms with Gasteiger partial charge >= 0.3 is 0 Å². The van der Waals surface area contributed by atoms with Crippen molar-refractivity contribution < 1.29 is 25.2 Å². The molecule has 0 fully saturated rings. The van der Waals surface area contributed by atoms with Crippen LogP contribution in [0.1, 0.15) is 264 Å². The first-order chi connectivity index (χ1) is 27.0. The smallest absolute Gasteiger partial charge is 0.249 e. The summed E-state index contributed by atoms with van der Waals surface area (Å²) in [7, 11) is 0. The van der Waals surface area contributed by atoms with E-state index in [2.05, 4.69) is 31.3 Å². The van der Waals surface area contributed by atoms with Crippen molar-refractivity contribution in [2.45, 2.75) is 289 Å². The van der Waals surface area contributed by atoms with Crippen LogP contribution in [0.3, 0.4) is 0 Å². The Morgan fingerprint density at radius 3 is 1.09 bits per heavy atom. The molecule has 0 aromatic carbocycles. The van der Waals surface area contributed by atoms with Gasteiger partial charge < -0.3 is 25.7 Å². The molecule has 4 unspecified atom stereocenters. The Morgan fingerprint density at radius 1 is 0.436 bits per heavy atom. The molecule has 328 valence electrons. The number of hydrogen-bond acceptors (Lipinski definition) is 5. The fraction of sp³-hybridized carbons (Fsp3) is 0.939. The van der Waals surface area contributed by atoms with Crippen molar-refractivity contribution >= 4 is 5.91 Å². The third kappa shape index (κ3) is 38.3. The van der Waals surface area contributed by atoms with Crippen LogP contribution in [-0.4, -0.2) is 57.3 Å². The van der Waals surface area contributed by atoms with Crippen LogP contribution in [-0.2, 0) is 4.79 Å². The Bertz CT molecular complexity index is 791. The molecule has 0 aliphatic heterocycles. The summed E-state index contributed by atoms with van der Waals surface area (Å²) in [6, 6.07) is -0.997. The number of carbonyl (C=O) groups is 1. The molecule has 0 saturated heterocycles. The lowest BCUT2D eigenvalue weighted by atomic mass is 10.00. The van der Waals surface area contributed by atoms with Crippen molar-refractivity contribution in [2.24, 2.45) is 0 Å². The third-order valence-electron chi connectivity index (χ3n) is 11.7. The molecule has 6 nitrogen and oxygen atoms in total.